The maximum absolute atomic E-state index is 5.96. The predicted molar refractivity (Wildman–Crippen MR) is 104 cm³/mol. The van der Waals surface area contributed by atoms with Crippen LogP contribution in [-0.4, -0.2) is 26.3 Å². The van der Waals surface area contributed by atoms with Crippen molar-refractivity contribution in [2.45, 2.75) is 11.6 Å². The lowest BCUT2D eigenvalue weighted by molar-refractivity contribution is 0.720. The molecule has 0 saturated heterocycles. The third kappa shape index (κ3) is 3.55. The Bertz CT molecular complexity index is 862. The molecular formula is C17H14BrClN4S. The topological polar surface area (TPSA) is 43.1 Å². The first kappa shape index (κ1) is 17.2. The van der Waals surface area contributed by atoms with Gasteiger partial charge in [0.1, 0.15) is 0 Å². The number of halogens is 2. The normalized spacial score (nSPS) is 13.0. The zero-order valence-electron chi connectivity index (χ0n) is 12.6. The van der Waals surface area contributed by atoms with Gasteiger partial charge >= 0.3 is 0 Å². The summed E-state index contributed by atoms with van der Waals surface area (Å²) in [6.07, 6.45) is 0.714. The summed E-state index contributed by atoms with van der Waals surface area (Å²) in [5, 5.41) is 14.9. The van der Waals surface area contributed by atoms with Crippen molar-refractivity contribution in [3.05, 3.63) is 76.6 Å². The summed E-state index contributed by atoms with van der Waals surface area (Å²) in [6, 6.07) is 18.0. The number of rotatable bonds is 3. The van der Waals surface area contributed by atoms with Gasteiger partial charge < -0.3 is 0 Å². The van der Waals surface area contributed by atoms with Crippen LogP contribution in [-0.2, 0) is 6.42 Å². The van der Waals surface area contributed by atoms with Crippen LogP contribution < -0.4 is 0 Å². The van der Waals surface area contributed by atoms with Crippen molar-refractivity contribution in [3.8, 4) is 0 Å². The number of benzene rings is 2. The van der Waals surface area contributed by atoms with Gasteiger partial charge in [-0.05, 0) is 23.3 Å². The Kier molecular flexibility index (Phi) is 5.38. The number of thioether (sulfide) groups is 1. The lowest BCUT2D eigenvalue weighted by atomic mass is 10.1. The van der Waals surface area contributed by atoms with Crippen LogP contribution in [0.15, 0.2) is 64.9 Å². The van der Waals surface area contributed by atoms with Crippen LogP contribution in [0.2, 0.25) is 5.02 Å². The maximum atomic E-state index is 5.96. The molecule has 4 rings (SSSR count). The molecular weight excluding hydrogens is 408 g/mol. The van der Waals surface area contributed by atoms with E-state index in [1.165, 1.54) is 5.56 Å². The second-order valence-corrected chi connectivity index (χ2v) is 6.59. The van der Waals surface area contributed by atoms with Crippen molar-refractivity contribution in [1.82, 2.24) is 14.9 Å². The van der Waals surface area contributed by atoms with Gasteiger partial charge in [-0.15, -0.1) is 27.2 Å². The molecule has 0 radical (unpaired) electrons. The van der Waals surface area contributed by atoms with Crippen molar-refractivity contribution in [2.75, 3.05) is 5.75 Å². The zero-order chi connectivity index (χ0) is 15.6. The number of fused-ring (bicyclic) bond motifs is 1. The van der Waals surface area contributed by atoms with Crippen LogP contribution >= 0.6 is 40.3 Å². The molecule has 0 aliphatic carbocycles. The van der Waals surface area contributed by atoms with E-state index in [-0.39, 0.29) is 17.0 Å². The van der Waals surface area contributed by atoms with Crippen LogP contribution in [0.25, 0.3) is 0 Å². The average molecular weight is 422 g/mol. The van der Waals surface area contributed by atoms with Gasteiger partial charge in [-0.1, -0.05) is 65.8 Å². The van der Waals surface area contributed by atoms with Crippen LogP contribution in [0.5, 0.6) is 0 Å². The van der Waals surface area contributed by atoms with E-state index in [9.17, 15) is 0 Å². The Hall–Kier alpha value is -1.63. The summed E-state index contributed by atoms with van der Waals surface area (Å²) < 4.78 is 1.85. The monoisotopic (exact) mass is 420 g/mol. The Labute approximate surface area is 159 Å². The second-order valence-electron chi connectivity index (χ2n) is 5.22. The van der Waals surface area contributed by atoms with E-state index in [1.807, 2.05) is 47.1 Å². The van der Waals surface area contributed by atoms with Gasteiger partial charge in [0.05, 0.1) is 5.71 Å². The maximum Gasteiger partial charge on any atom is 0.212 e. The van der Waals surface area contributed by atoms with Crippen molar-refractivity contribution < 1.29 is 0 Å². The van der Waals surface area contributed by atoms with Crippen LogP contribution in [0.1, 0.15) is 17.0 Å². The largest absolute Gasteiger partial charge is 0.212 e. The highest BCUT2D eigenvalue weighted by Crippen LogP contribution is 2.25. The first-order chi connectivity index (χ1) is 11.3. The Morgan fingerprint density at radius 1 is 1.00 bits per heavy atom. The Morgan fingerprint density at radius 3 is 2.50 bits per heavy atom. The van der Waals surface area contributed by atoms with Gasteiger partial charge in [0.2, 0.25) is 5.16 Å². The lowest BCUT2D eigenvalue weighted by Gasteiger charge is -2.14. The summed E-state index contributed by atoms with van der Waals surface area (Å²) >= 11 is 7.61. The first-order valence-corrected chi connectivity index (χ1v) is 8.61. The first-order valence-electron chi connectivity index (χ1n) is 7.24. The molecule has 2 heterocycles. The lowest BCUT2D eigenvalue weighted by Crippen LogP contribution is -2.14. The summed E-state index contributed by atoms with van der Waals surface area (Å²) in [5.41, 5.74) is 3.28. The molecule has 0 N–H and O–H groups in total. The molecule has 122 valence electrons. The molecule has 0 unspecified atom stereocenters. The van der Waals surface area contributed by atoms with Gasteiger partial charge in [-0.25, -0.2) is 0 Å². The minimum Gasteiger partial charge on any atom is -0.191 e. The minimum atomic E-state index is 0. The van der Waals surface area contributed by atoms with Gasteiger partial charge in [0.15, 0.2) is 5.82 Å². The Balaban J connectivity index is 0.00000169. The molecule has 0 bridgehead atoms. The van der Waals surface area contributed by atoms with E-state index in [2.05, 4.69) is 22.3 Å². The summed E-state index contributed by atoms with van der Waals surface area (Å²) in [5.74, 6) is 1.63. The number of nitrogens with zero attached hydrogens (tertiary/aromatic N) is 4. The fourth-order valence-electron chi connectivity index (χ4n) is 2.44. The standard InChI is InChI=1S/C17H13ClN4S.BrH/c18-14-8-6-13(7-9-14)15-11-23-17-20-19-16(22(17)21-15)10-12-4-2-1-3-5-12;/h1-9H,10-11H2;1H. The summed E-state index contributed by atoms with van der Waals surface area (Å²) in [7, 11) is 0. The van der Waals surface area contributed by atoms with Crippen molar-refractivity contribution in [2.24, 2.45) is 5.10 Å². The zero-order valence-corrected chi connectivity index (χ0v) is 15.9. The van der Waals surface area contributed by atoms with Crippen molar-refractivity contribution in [3.63, 3.8) is 0 Å². The highest BCUT2D eigenvalue weighted by Gasteiger charge is 2.19. The van der Waals surface area contributed by atoms with Crippen molar-refractivity contribution >= 4 is 46.1 Å². The summed E-state index contributed by atoms with van der Waals surface area (Å²) in [6.45, 7) is 0. The predicted octanol–water partition coefficient (Wildman–Crippen LogP) is 4.46. The molecule has 3 aromatic rings. The van der Waals surface area contributed by atoms with Crippen LogP contribution in [0, 0.1) is 0 Å². The van der Waals surface area contributed by atoms with Crippen LogP contribution in [0.4, 0.5) is 0 Å². The van der Waals surface area contributed by atoms with E-state index in [4.69, 9.17) is 16.7 Å². The van der Waals surface area contributed by atoms with Gasteiger partial charge in [-0.3, -0.25) is 0 Å². The van der Waals surface area contributed by atoms with E-state index in [1.54, 1.807) is 11.8 Å². The molecule has 4 nitrogen and oxygen atoms in total. The fraction of sp³-hybridized carbons (Fsp3) is 0.118. The van der Waals surface area contributed by atoms with E-state index >= 15 is 0 Å². The molecule has 0 amide bonds. The van der Waals surface area contributed by atoms with Crippen molar-refractivity contribution in [1.29, 1.82) is 0 Å². The third-order valence-electron chi connectivity index (χ3n) is 3.62. The Morgan fingerprint density at radius 2 is 1.75 bits per heavy atom. The van der Waals surface area contributed by atoms with Gasteiger partial charge in [0.25, 0.3) is 0 Å². The van der Waals surface area contributed by atoms with E-state index in [0.717, 1.165) is 33.0 Å². The highest BCUT2D eigenvalue weighted by molar-refractivity contribution is 8.93. The van der Waals surface area contributed by atoms with E-state index in [0.29, 0.717) is 6.42 Å². The molecule has 0 atom stereocenters. The number of hydrogen-bond acceptors (Lipinski definition) is 4. The van der Waals surface area contributed by atoms with Gasteiger partial charge in [-0.2, -0.15) is 9.78 Å². The second kappa shape index (κ2) is 7.51. The molecule has 2 aromatic carbocycles. The SMILES string of the molecule is Br.Clc1ccc(C2=Nn3c(Cc4ccccc4)nnc3SC2)cc1. The molecule has 1 aliphatic rings. The third-order valence-corrected chi connectivity index (χ3v) is 4.80. The molecule has 24 heavy (non-hydrogen) atoms. The quantitative estimate of drug-likeness (QED) is 0.627. The summed E-state index contributed by atoms with van der Waals surface area (Å²) in [4.78, 5) is 0. The van der Waals surface area contributed by atoms with Gasteiger partial charge in [0, 0.05) is 17.2 Å². The molecule has 0 spiro atoms. The van der Waals surface area contributed by atoms with Crippen LogP contribution in [0.3, 0.4) is 0 Å². The molecule has 1 aliphatic heterocycles. The molecule has 0 fully saturated rings. The smallest absolute Gasteiger partial charge is 0.191 e. The molecule has 1 aromatic heterocycles. The molecule has 7 heteroatoms. The number of aromatic nitrogens is 3. The minimum absolute atomic E-state index is 0. The fourth-order valence-corrected chi connectivity index (χ4v) is 3.42. The average Bonchev–Trinajstić information content (AvgIpc) is 2.99. The highest BCUT2D eigenvalue weighted by atomic mass is 79.9. The van der Waals surface area contributed by atoms with E-state index < -0.39 is 0 Å². The number of hydrogen-bond donors (Lipinski definition) is 0. The molecule has 0 saturated carbocycles.